The van der Waals surface area contributed by atoms with Crippen LogP contribution >= 0.6 is 11.6 Å². The third-order valence-electron chi connectivity index (χ3n) is 3.84. The minimum absolute atomic E-state index is 0.0532. The summed E-state index contributed by atoms with van der Waals surface area (Å²) in [6.45, 7) is 8.36. The van der Waals surface area contributed by atoms with Gasteiger partial charge in [-0.2, -0.15) is 0 Å². The van der Waals surface area contributed by atoms with Gasteiger partial charge in [0, 0.05) is 18.7 Å². The Morgan fingerprint density at radius 3 is 2.67 bits per heavy atom. The first-order chi connectivity index (χ1) is 9.87. The number of rotatable bonds is 5. The Kier molecular flexibility index (Phi) is 5.12. The summed E-state index contributed by atoms with van der Waals surface area (Å²) in [5, 5.41) is 3.41. The van der Waals surface area contributed by atoms with E-state index in [0.717, 1.165) is 6.54 Å². The van der Waals surface area contributed by atoms with Crippen LogP contribution in [0, 0.1) is 5.41 Å². The van der Waals surface area contributed by atoms with Crippen molar-refractivity contribution in [2.24, 2.45) is 5.41 Å². The third kappa shape index (κ3) is 4.61. The van der Waals surface area contributed by atoms with Crippen LogP contribution in [0.4, 0.5) is 5.69 Å². The molecule has 0 aliphatic carbocycles. The van der Waals surface area contributed by atoms with Crippen molar-refractivity contribution in [2.75, 3.05) is 31.9 Å². The predicted molar refractivity (Wildman–Crippen MR) is 87.7 cm³/mol. The maximum Gasteiger partial charge on any atom is 0.251 e. The minimum Gasteiger partial charge on any atom is -0.398 e. The molecule has 0 saturated carbocycles. The molecule has 0 bridgehead atoms. The lowest BCUT2D eigenvalue weighted by molar-refractivity contribution is 0.0926. The molecular weight excluding hydrogens is 286 g/mol. The quantitative estimate of drug-likeness (QED) is 0.822. The number of nitrogens with two attached hydrogens (primary N) is 1. The summed E-state index contributed by atoms with van der Waals surface area (Å²) in [7, 11) is 0. The Hall–Kier alpha value is -1.26. The number of amides is 1. The van der Waals surface area contributed by atoms with E-state index in [1.54, 1.807) is 18.2 Å². The van der Waals surface area contributed by atoms with E-state index in [1.165, 1.54) is 25.9 Å². The average molecular weight is 310 g/mol. The van der Waals surface area contributed by atoms with Gasteiger partial charge >= 0.3 is 0 Å². The van der Waals surface area contributed by atoms with Crippen LogP contribution in [0.1, 0.15) is 37.0 Å². The lowest BCUT2D eigenvalue weighted by Crippen LogP contribution is -2.41. The van der Waals surface area contributed by atoms with Gasteiger partial charge in [-0.1, -0.05) is 25.4 Å². The first-order valence-electron chi connectivity index (χ1n) is 7.43. The van der Waals surface area contributed by atoms with Crippen LogP contribution in [0.3, 0.4) is 0 Å². The maximum atomic E-state index is 12.2. The number of nitrogens with zero attached hydrogens (tertiary/aromatic N) is 1. The zero-order valence-electron chi connectivity index (χ0n) is 12.8. The first-order valence-corrected chi connectivity index (χ1v) is 7.81. The second-order valence-corrected chi connectivity index (χ2v) is 6.97. The van der Waals surface area contributed by atoms with Crippen molar-refractivity contribution >= 4 is 23.2 Å². The van der Waals surface area contributed by atoms with Crippen molar-refractivity contribution in [1.29, 1.82) is 0 Å². The number of hydrogen-bond donors (Lipinski definition) is 2. The normalized spacial score (nSPS) is 16.1. The maximum absolute atomic E-state index is 12.2. The van der Waals surface area contributed by atoms with Gasteiger partial charge in [-0.3, -0.25) is 4.79 Å². The van der Waals surface area contributed by atoms with Crippen molar-refractivity contribution in [3.63, 3.8) is 0 Å². The molecule has 0 unspecified atom stereocenters. The van der Waals surface area contributed by atoms with Crippen LogP contribution in [0.5, 0.6) is 0 Å². The first kappa shape index (κ1) is 16.1. The molecule has 1 saturated heterocycles. The molecule has 1 aromatic carbocycles. The molecule has 21 heavy (non-hydrogen) atoms. The smallest absolute Gasteiger partial charge is 0.251 e. The summed E-state index contributed by atoms with van der Waals surface area (Å²) in [4.78, 5) is 14.6. The van der Waals surface area contributed by atoms with Gasteiger partial charge in [0.1, 0.15) is 0 Å². The predicted octanol–water partition coefficient (Wildman–Crippen LogP) is 2.77. The average Bonchev–Trinajstić information content (AvgIpc) is 2.91. The summed E-state index contributed by atoms with van der Waals surface area (Å²) in [6, 6.07) is 4.97. The second-order valence-electron chi connectivity index (χ2n) is 6.57. The Bertz CT molecular complexity index is 510. The van der Waals surface area contributed by atoms with Crippen LogP contribution in [-0.2, 0) is 0 Å². The van der Waals surface area contributed by atoms with Crippen molar-refractivity contribution in [3.8, 4) is 0 Å². The van der Waals surface area contributed by atoms with Gasteiger partial charge in [-0.25, -0.2) is 0 Å². The van der Waals surface area contributed by atoms with E-state index in [0.29, 0.717) is 22.8 Å². The molecule has 1 aliphatic heterocycles. The molecule has 2 rings (SSSR count). The van der Waals surface area contributed by atoms with Crippen molar-refractivity contribution in [2.45, 2.75) is 26.7 Å². The minimum atomic E-state index is -0.105. The fraction of sp³-hybridized carbons (Fsp3) is 0.562. The monoisotopic (exact) mass is 309 g/mol. The fourth-order valence-corrected chi connectivity index (χ4v) is 2.87. The topological polar surface area (TPSA) is 58.4 Å². The van der Waals surface area contributed by atoms with E-state index in [9.17, 15) is 4.79 Å². The molecule has 0 aromatic heterocycles. The molecule has 1 fully saturated rings. The summed E-state index contributed by atoms with van der Waals surface area (Å²) in [5.74, 6) is -0.105. The largest absolute Gasteiger partial charge is 0.398 e. The van der Waals surface area contributed by atoms with Crippen molar-refractivity contribution < 1.29 is 4.79 Å². The molecule has 1 aliphatic rings. The highest BCUT2D eigenvalue weighted by Crippen LogP contribution is 2.21. The fourth-order valence-electron chi connectivity index (χ4n) is 2.69. The Morgan fingerprint density at radius 2 is 2.05 bits per heavy atom. The van der Waals surface area contributed by atoms with Gasteiger partial charge < -0.3 is 16.0 Å². The molecular formula is C16H24ClN3O. The van der Waals surface area contributed by atoms with E-state index < -0.39 is 0 Å². The van der Waals surface area contributed by atoms with Gasteiger partial charge in [0.25, 0.3) is 5.91 Å². The molecule has 1 heterocycles. The van der Waals surface area contributed by atoms with E-state index in [2.05, 4.69) is 24.1 Å². The highest BCUT2D eigenvalue weighted by atomic mass is 35.5. The zero-order chi connectivity index (χ0) is 15.5. The Labute approximate surface area is 131 Å². The molecule has 0 atom stereocenters. The van der Waals surface area contributed by atoms with E-state index in [1.807, 2.05) is 0 Å². The summed E-state index contributed by atoms with van der Waals surface area (Å²) >= 11 is 5.95. The van der Waals surface area contributed by atoms with Crippen molar-refractivity contribution in [3.05, 3.63) is 28.8 Å². The Balaban J connectivity index is 1.88. The lowest BCUT2D eigenvalue weighted by atomic mass is 9.92. The van der Waals surface area contributed by atoms with Crippen LogP contribution in [0.2, 0.25) is 5.02 Å². The highest BCUT2D eigenvalue weighted by Gasteiger charge is 2.24. The molecule has 116 valence electrons. The number of likely N-dealkylation sites (tertiary alicyclic amines) is 1. The summed E-state index contributed by atoms with van der Waals surface area (Å²) in [5.41, 5.74) is 6.74. The lowest BCUT2D eigenvalue weighted by Gasteiger charge is -2.30. The standard InChI is InChI=1S/C16H24ClN3O/c1-16(2,11-20-7-3-4-8-20)10-19-15(21)12-5-6-14(18)13(17)9-12/h5-6,9H,3-4,7-8,10-11,18H2,1-2H3,(H,19,21). The molecule has 5 heteroatoms. The van der Waals surface area contributed by atoms with Gasteiger partial charge in [-0.15, -0.1) is 0 Å². The van der Waals surface area contributed by atoms with E-state index >= 15 is 0 Å². The van der Waals surface area contributed by atoms with E-state index in [4.69, 9.17) is 17.3 Å². The highest BCUT2D eigenvalue weighted by molar-refractivity contribution is 6.33. The van der Waals surface area contributed by atoms with Crippen LogP contribution in [0.25, 0.3) is 0 Å². The SMILES string of the molecule is CC(C)(CNC(=O)c1ccc(N)c(Cl)c1)CN1CCCC1. The Morgan fingerprint density at radius 1 is 1.38 bits per heavy atom. The number of halogens is 1. The van der Waals surface area contributed by atoms with Gasteiger partial charge in [0.15, 0.2) is 0 Å². The van der Waals surface area contributed by atoms with Gasteiger partial charge in [0.05, 0.1) is 10.7 Å². The number of carbonyl (C=O) groups is 1. The number of benzene rings is 1. The second kappa shape index (κ2) is 6.67. The molecule has 1 amide bonds. The number of hydrogen-bond acceptors (Lipinski definition) is 3. The van der Waals surface area contributed by atoms with Crippen LogP contribution in [0.15, 0.2) is 18.2 Å². The van der Waals surface area contributed by atoms with E-state index in [-0.39, 0.29) is 11.3 Å². The summed E-state index contributed by atoms with van der Waals surface area (Å²) in [6.07, 6.45) is 2.57. The van der Waals surface area contributed by atoms with Crippen molar-refractivity contribution in [1.82, 2.24) is 10.2 Å². The number of anilines is 1. The van der Waals surface area contributed by atoms with Gasteiger partial charge in [0.2, 0.25) is 0 Å². The number of carbonyl (C=O) groups excluding carboxylic acids is 1. The molecule has 0 spiro atoms. The number of nitrogens with one attached hydrogen (secondary N) is 1. The molecule has 4 nitrogen and oxygen atoms in total. The van der Waals surface area contributed by atoms with Crippen LogP contribution < -0.4 is 11.1 Å². The molecule has 1 aromatic rings. The van der Waals surface area contributed by atoms with Crippen LogP contribution in [-0.4, -0.2) is 37.0 Å². The summed E-state index contributed by atoms with van der Waals surface area (Å²) < 4.78 is 0. The van der Waals surface area contributed by atoms with Gasteiger partial charge in [-0.05, 0) is 49.5 Å². The molecule has 3 N–H and O–H groups in total. The number of nitrogen functional groups attached to an aromatic ring is 1. The zero-order valence-corrected chi connectivity index (χ0v) is 13.5. The third-order valence-corrected chi connectivity index (χ3v) is 4.17. The molecule has 0 radical (unpaired) electrons.